The molecule has 3 rings (SSSR count). The molecule has 1 amide bonds. The summed E-state index contributed by atoms with van der Waals surface area (Å²) in [5.41, 5.74) is 2.89. The molecular formula is C21H24N4O2. The molecule has 1 fully saturated rings. The Bertz CT molecular complexity index is 788. The van der Waals surface area contributed by atoms with Crippen LogP contribution in [0, 0.1) is 11.3 Å². The molecule has 0 saturated carbocycles. The van der Waals surface area contributed by atoms with Gasteiger partial charge in [0.25, 0.3) is 0 Å². The maximum atomic E-state index is 12.3. The minimum atomic E-state index is -0.0130. The van der Waals surface area contributed by atoms with E-state index >= 15 is 0 Å². The number of piperazine rings is 1. The lowest BCUT2D eigenvalue weighted by atomic mass is 10.1. The maximum Gasteiger partial charge on any atom is 0.238 e. The lowest BCUT2D eigenvalue weighted by molar-refractivity contribution is -0.117. The van der Waals surface area contributed by atoms with Crippen molar-refractivity contribution in [3.8, 4) is 11.8 Å². The van der Waals surface area contributed by atoms with E-state index in [0.29, 0.717) is 13.0 Å². The lowest BCUT2D eigenvalue weighted by Gasteiger charge is -2.35. The zero-order chi connectivity index (χ0) is 19.1. The van der Waals surface area contributed by atoms with Crippen molar-refractivity contribution in [3.05, 3.63) is 54.1 Å². The quantitative estimate of drug-likeness (QED) is 0.853. The number of carbonyl (C=O) groups is 1. The first-order valence-electron chi connectivity index (χ1n) is 9.05. The first-order valence-corrected chi connectivity index (χ1v) is 9.05. The zero-order valence-corrected chi connectivity index (χ0v) is 15.5. The monoisotopic (exact) mass is 364 g/mol. The average molecular weight is 364 g/mol. The summed E-state index contributed by atoms with van der Waals surface area (Å²) in [4.78, 5) is 16.8. The third kappa shape index (κ3) is 5.22. The number of methoxy groups -OCH3 is 1. The summed E-state index contributed by atoms with van der Waals surface area (Å²) >= 11 is 0. The number of carbonyl (C=O) groups excluding carboxylic acids is 1. The van der Waals surface area contributed by atoms with E-state index in [4.69, 9.17) is 10.00 Å². The molecule has 0 aliphatic carbocycles. The molecule has 0 spiro atoms. The van der Waals surface area contributed by atoms with E-state index in [1.165, 1.54) is 5.69 Å². The van der Waals surface area contributed by atoms with Crippen LogP contribution in [0.25, 0.3) is 0 Å². The van der Waals surface area contributed by atoms with Crippen molar-refractivity contribution in [3.63, 3.8) is 0 Å². The van der Waals surface area contributed by atoms with E-state index in [0.717, 1.165) is 43.2 Å². The molecule has 27 heavy (non-hydrogen) atoms. The molecule has 0 atom stereocenters. The highest BCUT2D eigenvalue weighted by Gasteiger charge is 2.19. The summed E-state index contributed by atoms with van der Waals surface area (Å²) in [5, 5.41) is 11.6. The molecule has 1 saturated heterocycles. The molecule has 1 heterocycles. The Morgan fingerprint density at radius 2 is 1.74 bits per heavy atom. The van der Waals surface area contributed by atoms with Crippen molar-refractivity contribution in [2.75, 3.05) is 50.1 Å². The molecule has 6 heteroatoms. The van der Waals surface area contributed by atoms with Gasteiger partial charge in [-0.05, 0) is 42.0 Å². The van der Waals surface area contributed by atoms with Gasteiger partial charge in [-0.15, -0.1) is 0 Å². The average Bonchev–Trinajstić information content (AvgIpc) is 2.70. The molecule has 0 aromatic heterocycles. The summed E-state index contributed by atoms with van der Waals surface area (Å²) in [6, 6.07) is 17.6. The largest absolute Gasteiger partial charge is 0.497 e. The van der Waals surface area contributed by atoms with Crippen molar-refractivity contribution >= 4 is 17.3 Å². The molecule has 1 N–H and O–H groups in total. The van der Waals surface area contributed by atoms with E-state index in [-0.39, 0.29) is 5.91 Å². The fourth-order valence-electron chi connectivity index (χ4n) is 3.16. The molecule has 1 aliphatic rings. The van der Waals surface area contributed by atoms with Crippen molar-refractivity contribution in [1.29, 1.82) is 5.26 Å². The summed E-state index contributed by atoms with van der Waals surface area (Å²) in [7, 11) is 1.67. The van der Waals surface area contributed by atoms with E-state index in [1.54, 1.807) is 7.11 Å². The van der Waals surface area contributed by atoms with Crippen LogP contribution in [0.4, 0.5) is 11.4 Å². The number of benzene rings is 2. The van der Waals surface area contributed by atoms with Crippen LogP contribution in [0.15, 0.2) is 48.5 Å². The highest BCUT2D eigenvalue weighted by molar-refractivity contribution is 5.92. The summed E-state index contributed by atoms with van der Waals surface area (Å²) in [6.45, 7) is 3.86. The standard InChI is InChI=1S/C21H24N4O2/c1-27-20-8-6-19(7-9-20)25-14-12-24(13-15-25)16-21(26)23-18-4-2-17(3-5-18)10-11-22/h2-9H,10,12-16H2,1H3,(H,23,26). The van der Waals surface area contributed by atoms with Gasteiger partial charge in [0.15, 0.2) is 0 Å². The first-order chi connectivity index (χ1) is 13.2. The van der Waals surface area contributed by atoms with Crippen LogP contribution in [0.1, 0.15) is 5.56 Å². The number of anilines is 2. The van der Waals surface area contributed by atoms with Gasteiger partial charge in [0.2, 0.25) is 5.91 Å². The zero-order valence-electron chi connectivity index (χ0n) is 15.5. The van der Waals surface area contributed by atoms with Crippen LogP contribution in [0.5, 0.6) is 5.75 Å². The van der Waals surface area contributed by atoms with E-state index in [9.17, 15) is 4.79 Å². The predicted molar refractivity (Wildman–Crippen MR) is 106 cm³/mol. The third-order valence-corrected chi connectivity index (χ3v) is 4.70. The minimum Gasteiger partial charge on any atom is -0.497 e. The van der Waals surface area contributed by atoms with E-state index < -0.39 is 0 Å². The summed E-state index contributed by atoms with van der Waals surface area (Å²) < 4.78 is 5.20. The Hall–Kier alpha value is -3.04. The third-order valence-electron chi connectivity index (χ3n) is 4.70. The second-order valence-corrected chi connectivity index (χ2v) is 6.54. The van der Waals surface area contributed by atoms with Crippen LogP contribution in [0.2, 0.25) is 0 Å². The van der Waals surface area contributed by atoms with Crippen LogP contribution in [-0.4, -0.2) is 50.6 Å². The van der Waals surface area contributed by atoms with Gasteiger partial charge in [0, 0.05) is 37.6 Å². The highest BCUT2D eigenvalue weighted by Crippen LogP contribution is 2.20. The lowest BCUT2D eigenvalue weighted by Crippen LogP contribution is -2.48. The molecule has 140 valence electrons. The first kappa shape index (κ1) is 18.7. The van der Waals surface area contributed by atoms with E-state index in [2.05, 4.69) is 33.3 Å². The number of rotatable bonds is 6. The SMILES string of the molecule is COc1ccc(N2CCN(CC(=O)Nc3ccc(CC#N)cc3)CC2)cc1. The van der Waals surface area contributed by atoms with Gasteiger partial charge in [0.1, 0.15) is 5.75 Å². The van der Waals surface area contributed by atoms with Gasteiger partial charge in [-0.3, -0.25) is 9.69 Å². The number of amides is 1. The van der Waals surface area contributed by atoms with Gasteiger partial charge in [-0.2, -0.15) is 5.26 Å². The predicted octanol–water partition coefficient (Wildman–Crippen LogP) is 2.52. The topological polar surface area (TPSA) is 68.6 Å². The van der Waals surface area contributed by atoms with Gasteiger partial charge >= 0.3 is 0 Å². The molecule has 6 nitrogen and oxygen atoms in total. The Labute approximate surface area is 160 Å². The summed E-state index contributed by atoms with van der Waals surface area (Å²) in [5.74, 6) is 0.843. The Kier molecular flexibility index (Phi) is 6.29. The normalized spacial score (nSPS) is 14.4. The Morgan fingerprint density at radius 1 is 1.07 bits per heavy atom. The second-order valence-electron chi connectivity index (χ2n) is 6.54. The van der Waals surface area contributed by atoms with Crippen LogP contribution in [0.3, 0.4) is 0 Å². The number of hydrogen-bond acceptors (Lipinski definition) is 5. The number of hydrogen-bond donors (Lipinski definition) is 1. The van der Waals surface area contributed by atoms with Crippen LogP contribution < -0.4 is 15.0 Å². The second kappa shape index (κ2) is 9.06. The number of nitriles is 1. The molecule has 1 aliphatic heterocycles. The van der Waals surface area contributed by atoms with Gasteiger partial charge in [-0.25, -0.2) is 0 Å². The van der Waals surface area contributed by atoms with Crippen LogP contribution >= 0.6 is 0 Å². The number of nitrogens with one attached hydrogen (secondary N) is 1. The summed E-state index contributed by atoms with van der Waals surface area (Å²) in [6.07, 6.45) is 0.382. The Balaban J connectivity index is 1.45. The smallest absolute Gasteiger partial charge is 0.238 e. The van der Waals surface area contributed by atoms with Gasteiger partial charge in [-0.1, -0.05) is 12.1 Å². The van der Waals surface area contributed by atoms with Gasteiger partial charge in [0.05, 0.1) is 26.1 Å². The Morgan fingerprint density at radius 3 is 2.33 bits per heavy atom. The van der Waals surface area contributed by atoms with Crippen molar-refractivity contribution < 1.29 is 9.53 Å². The number of ether oxygens (including phenoxy) is 1. The fraction of sp³-hybridized carbons (Fsp3) is 0.333. The van der Waals surface area contributed by atoms with Crippen molar-refractivity contribution in [2.24, 2.45) is 0 Å². The fourth-order valence-corrected chi connectivity index (χ4v) is 3.16. The van der Waals surface area contributed by atoms with Crippen LogP contribution in [-0.2, 0) is 11.2 Å². The highest BCUT2D eigenvalue weighted by atomic mass is 16.5. The molecule has 0 bridgehead atoms. The number of nitrogens with zero attached hydrogens (tertiary/aromatic N) is 3. The molecular weight excluding hydrogens is 340 g/mol. The van der Waals surface area contributed by atoms with Crippen molar-refractivity contribution in [1.82, 2.24) is 4.90 Å². The molecule has 0 unspecified atom stereocenters. The molecule has 2 aromatic carbocycles. The van der Waals surface area contributed by atoms with E-state index in [1.807, 2.05) is 36.4 Å². The van der Waals surface area contributed by atoms with Gasteiger partial charge < -0.3 is 15.0 Å². The molecule has 0 radical (unpaired) electrons. The molecule has 2 aromatic rings. The minimum absolute atomic E-state index is 0.0130. The van der Waals surface area contributed by atoms with Crippen molar-refractivity contribution in [2.45, 2.75) is 6.42 Å². The maximum absolute atomic E-state index is 12.3.